The molecule has 2 N–H and O–H groups in total. The van der Waals surface area contributed by atoms with Gasteiger partial charge in [0.2, 0.25) is 0 Å². The maximum absolute atomic E-state index is 6.75. The predicted molar refractivity (Wildman–Crippen MR) is 62.1 cm³/mol. The first-order valence-corrected chi connectivity index (χ1v) is 7.81. The Kier molecular flexibility index (Phi) is 3.04. The van der Waals surface area contributed by atoms with Crippen LogP contribution in [0.4, 0.5) is 0 Å². The molecule has 80 valence electrons. The van der Waals surface area contributed by atoms with Crippen molar-refractivity contribution in [1.82, 2.24) is 9.34 Å². The van der Waals surface area contributed by atoms with E-state index >= 15 is 0 Å². The summed E-state index contributed by atoms with van der Waals surface area (Å²) in [6.07, 6.45) is 3.46. The van der Waals surface area contributed by atoms with Crippen LogP contribution in [0.3, 0.4) is 0 Å². The number of nitrogens with zero attached hydrogens (tertiary/aromatic N) is 2. The van der Waals surface area contributed by atoms with Gasteiger partial charge in [0.05, 0.1) is 0 Å². The second kappa shape index (κ2) is 3.47. The molecule has 0 bridgehead atoms. The summed E-state index contributed by atoms with van der Waals surface area (Å²) in [5.74, 6) is 0. The van der Waals surface area contributed by atoms with Crippen LogP contribution >= 0.6 is 7.06 Å². The zero-order valence-electron chi connectivity index (χ0n) is 9.45. The standard InChI is InChI=1S/C9H24N3P/c1-5-13(10,6-2)11(3)8-7-9-12(13)4/h5-10H2,1-4H3. The van der Waals surface area contributed by atoms with Crippen molar-refractivity contribution in [2.24, 2.45) is 5.50 Å². The molecule has 13 heavy (non-hydrogen) atoms. The second-order valence-electron chi connectivity index (χ2n) is 4.22. The Bertz CT molecular complexity index is 177. The average Bonchev–Trinajstić information content (AvgIpc) is 2.15. The van der Waals surface area contributed by atoms with Crippen LogP contribution in [0, 0.1) is 0 Å². The van der Waals surface area contributed by atoms with Crippen molar-refractivity contribution >= 4 is 7.06 Å². The van der Waals surface area contributed by atoms with Gasteiger partial charge < -0.3 is 0 Å². The van der Waals surface area contributed by atoms with E-state index in [0.717, 1.165) is 12.3 Å². The number of hydrogen-bond donors (Lipinski definition) is 1. The summed E-state index contributed by atoms with van der Waals surface area (Å²) < 4.78 is 4.88. The molecular formula is C9H24N3P. The van der Waals surface area contributed by atoms with E-state index in [2.05, 4.69) is 37.3 Å². The first-order valence-electron chi connectivity index (χ1n) is 5.23. The van der Waals surface area contributed by atoms with Gasteiger partial charge in [0.1, 0.15) is 0 Å². The van der Waals surface area contributed by atoms with Crippen molar-refractivity contribution < 1.29 is 0 Å². The molecule has 4 heteroatoms. The van der Waals surface area contributed by atoms with Crippen LogP contribution < -0.4 is 5.50 Å². The van der Waals surface area contributed by atoms with Gasteiger partial charge in [-0.25, -0.2) is 0 Å². The van der Waals surface area contributed by atoms with Crippen LogP contribution in [0.15, 0.2) is 0 Å². The molecule has 1 heterocycles. The second-order valence-corrected chi connectivity index (χ2v) is 9.80. The summed E-state index contributed by atoms with van der Waals surface area (Å²) in [5.41, 5.74) is 6.75. The third-order valence-electron chi connectivity index (χ3n) is 4.01. The molecule has 0 spiro atoms. The van der Waals surface area contributed by atoms with Gasteiger partial charge in [0.15, 0.2) is 0 Å². The SMILES string of the molecule is CCP1(N)(CC)N(C)CCCN1C. The molecule has 0 amide bonds. The molecule has 0 aromatic carbocycles. The number of nitrogens with two attached hydrogens (primary N) is 1. The van der Waals surface area contributed by atoms with Gasteiger partial charge >= 0.3 is 81.7 Å². The van der Waals surface area contributed by atoms with Crippen LogP contribution in [0.5, 0.6) is 0 Å². The third-order valence-corrected chi connectivity index (χ3v) is 10.5. The molecule has 0 saturated carbocycles. The Labute approximate surface area is 82.4 Å². The summed E-state index contributed by atoms with van der Waals surface area (Å²) in [6, 6.07) is 0. The van der Waals surface area contributed by atoms with Crippen LogP contribution in [-0.2, 0) is 0 Å². The number of rotatable bonds is 2. The molecule has 1 fully saturated rings. The molecule has 1 rings (SSSR count). The van der Waals surface area contributed by atoms with Crippen LogP contribution in [0.2, 0.25) is 0 Å². The van der Waals surface area contributed by atoms with E-state index in [9.17, 15) is 0 Å². The van der Waals surface area contributed by atoms with Crippen molar-refractivity contribution in [3.8, 4) is 0 Å². The fourth-order valence-corrected chi connectivity index (χ4v) is 6.62. The fraction of sp³-hybridized carbons (Fsp3) is 1.00. The molecular weight excluding hydrogens is 181 g/mol. The molecule has 1 saturated heterocycles. The van der Waals surface area contributed by atoms with E-state index in [-0.39, 0.29) is 0 Å². The first kappa shape index (κ1) is 11.4. The van der Waals surface area contributed by atoms with Gasteiger partial charge in [-0.2, -0.15) is 0 Å². The Morgan fingerprint density at radius 2 is 1.46 bits per heavy atom. The summed E-state index contributed by atoms with van der Waals surface area (Å²) in [5, 5.41) is 0. The molecule has 3 nitrogen and oxygen atoms in total. The third kappa shape index (κ3) is 1.42. The van der Waals surface area contributed by atoms with Gasteiger partial charge in [0.25, 0.3) is 0 Å². The van der Waals surface area contributed by atoms with E-state index in [1.165, 1.54) is 19.5 Å². The Morgan fingerprint density at radius 3 is 1.69 bits per heavy atom. The minimum atomic E-state index is -2.15. The predicted octanol–water partition coefficient (Wildman–Crippen LogP) is 1.55. The topological polar surface area (TPSA) is 32.5 Å². The van der Waals surface area contributed by atoms with Crippen molar-refractivity contribution in [3.63, 3.8) is 0 Å². The molecule has 0 aromatic rings. The van der Waals surface area contributed by atoms with Gasteiger partial charge in [-0.1, -0.05) is 0 Å². The molecule has 0 unspecified atom stereocenters. The Morgan fingerprint density at radius 1 is 1.08 bits per heavy atom. The Balaban J connectivity index is 3.03. The molecule has 1 aliphatic rings. The van der Waals surface area contributed by atoms with Gasteiger partial charge in [-0.3, -0.25) is 0 Å². The van der Waals surface area contributed by atoms with Crippen molar-refractivity contribution in [3.05, 3.63) is 0 Å². The van der Waals surface area contributed by atoms with Crippen molar-refractivity contribution in [1.29, 1.82) is 0 Å². The Hall–Kier alpha value is 0.310. The molecule has 0 aromatic heterocycles. The van der Waals surface area contributed by atoms with E-state index in [4.69, 9.17) is 5.50 Å². The van der Waals surface area contributed by atoms with E-state index in [0.29, 0.717) is 0 Å². The van der Waals surface area contributed by atoms with E-state index in [1.807, 2.05) is 0 Å². The van der Waals surface area contributed by atoms with Crippen LogP contribution in [0.25, 0.3) is 0 Å². The van der Waals surface area contributed by atoms with Crippen molar-refractivity contribution in [2.75, 3.05) is 39.5 Å². The fourth-order valence-electron chi connectivity index (χ4n) is 2.47. The molecule has 0 radical (unpaired) electrons. The van der Waals surface area contributed by atoms with E-state index < -0.39 is 7.06 Å². The monoisotopic (exact) mass is 205 g/mol. The summed E-state index contributed by atoms with van der Waals surface area (Å²) >= 11 is 0. The summed E-state index contributed by atoms with van der Waals surface area (Å²) in [6.45, 7) is 6.81. The van der Waals surface area contributed by atoms with Crippen molar-refractivity contribution in [2.45, 2.75) is 20.3 Å². The summed E-state index contributed by atoms with van der Waals surface area (Å²) in [7, 11) is 2.24. The van der Waals surface area contributed by atoms with E-state index in [1.54, 1.807) is 0 Å². The molecule has 0 aliphatic carbocycles. The first-order chi connectivity index (χ1) is 5.98. The zero-order chi connectivity index (χ0) is 10.1. The van der Waals surface area contributed by atoms with Crippen LogP contribution in [-0.4, -0.2) is 48.8 Å². The van der Waals surface area contributed by atoms with Gasteiger partial charge in [-0.15, -0.1) is 0 Å². The molecule has 1 aliphatic heterocycles. The zero-order valence-corrected chi connectivity index (χ0v) is 10.3. The molecule has 0 atom stereocenters. The van der Waals surface area contributed by atoms with Gasteiger partial charge in [0, 0.05) is 0 Å². The number of hydrogen-bond acceptors (Lipinski definition) is 3. The average molecular weight is 205 g/mol. The van der Waals surface area contributed by atoms with Gasteiger partial charge in [-0.05, 0) is 0 Å². The minimum absolute atomic E-state index is 1.11. The summed E-state index contributed by atoms with van der Waals surface area (Å²) in [4.78, 5) is 0. The van der Waals surface area contributed by atoms with Crippen LogP contribution in [0.1, 0.15) is 20.3 Å². The quantitative estimate of drug-likeness (QED) is 0.694. The normalized spacial score (nSPS) is 32.2. The maximum atomic E-state index is 6.75.